The van der Waals surface area contributed by atoms with E-state index in [0.29, 0.717) is 6.04 Å². The predicted molar refractivity (Wildman–Crippen MR) is 113 cm³/mol. The Kier molecular flexibility index (Phi) is 6.05. The van der Waals surface area contributed by atoms with Crippen LogP contribution in [0.25, 0.3) is 10.9 Å². The molecule has 1 aromatic heterocycles. The van der Waals surface area contributed by atoms with Crippen LogP contribution >= 0.6 is 0 Å². The Morgan fingerprint density at radius 3 is 2.57 bits per heavy atom. The molecule has 0 bridgehead atoms. The Morgan fingerprint density at radius 1 is 1.18 bits per heavy atom. The second kappa shape index (κ2) is 8.48. The van der Waals surface area contributed by atoms with Gasteiger partial charge in [0, 0.05) is 29.2 Å². The number of fused-ring (bicyclic) bond motifs is 1. The molecule has 0 radical (unpaired) electrons. The van der Waals surface area contributed by atoms with E-state index in [2.05, 4.69) is 37.9 Å². The average molecular weight is 380 g/mol. The number of aromatic nitrogens is 1. The summed E-state index contributed by atoms with van der Waals surface area (Å²) in [5, 5.41) is 1.18. The van der Waals surface area contributed by atoms with Gasteiger partial charge in [-0.3, -0.25) is 9.69 Å². The van der Waals surface area contributed by atoms with Crippen LogP contribution in [-0.2, 0) is 24.3 Å². The molecule has 0 fully saturated rings. The standard InChI is InChI=1S/C23H29N3O2/c1-16(13-18-9-5-8-12-22(18)28-4)25(3)14-20-17(2)26(15-23(24)27)21-11-7-6-10-19(20)21/h5-12,16H,13-15H2,1-4H3,(H2,24,27). The summed E-state index contributed by atoms with van der Waals surface area (Å²) in [6.07, 6.45) is 0.902. The predicted octanol–water partition coefficient (Wildman–Crippen LogP) is 3.51. The number of amides is 1. The van der Waals surface area contributed by atoms with Gasteiger partial charge in [0.25, 0.3) is 0 Å². The first-order valence-electron chi connectivity index (χ1n) is 9.59. The van der Waals surface area contributed by atoms with Crippen LogP contribution in [-0.4, -0.2) is 35.6 Å². The smallest absolute Gasteiger partial charge is 0.237 e. The minimum absolute atomic E-state index is 0.201. The van der Waals surface area contributed by atoms with Crippen LogP contribution in [0.5, 0.6) is 5.75 Å². The summed E-state index contributed by atoms with van der Waals surface area (Å²) in [4.78, 5) is 13.9. The molecule has 28 heavy (non-hydrogen) atoms. The van der Waals surface area contributed by atoms with Crippen LogP contribution in [0.3, 0.4) is 0 Å². The Bertz CT molecular complexity index is 977. The molecule has 0 aliphatic heterocycles. The van der Waals surface area contributed by atoms with Gasteiger partial charge in [0.2, 0.25) is 5.91 Å². The quantitative estimate of drug-likeness (QED) is 0.652. The van der Waals surface area contributed by atoms with Gasteiger partial charge in [0.05, 0.1) is 7.11 Å². The van der Waals surface area contributed by atoms with E-state index in [9.17, 15) is 4.79 Å². The van der Waals surface area contributed by atoms with Crippen LogP contribution in [0.15, 0.2) is 48.5 Å². The molecule has 5 nitrogen and oxygen atoms in total. The number of methoxy groups -OCH3 is 1. The molecule has 0 aliphatic rings. The minimum atomic E-state index is -0.326. The molecule has 0 saturated heterocycles. The monoisotopic (exact) mass is 379 g/mol. The molecule has 0 spiro atoms. The summed E-state index contributed by atoms with van der Waals surface area (Å²) in [6.45, 7) is 5.29. The van der Waals surface area contributed by atoms with E-state index in [-0.39, 0.29) is 12.5 Å². The molecule has 3 rings (SSSR count). The SMILES string of the molecule is COc1ccccc1CC(C)N(C)Cc1c(C)n(CC(N)=O)c2ccccc12. The van der Waals surface area contributed by atoms with Crippen molar-refractivity contribution < 1.29 is 9.53 Å². The Labute approximate surface area is 166 Å². The number of primary amides is 1. The maximum Gasteiger partial charge on any atom is 0.237 e. The van der Waals surface area contributed by atoms with E-state index in [1.54, 1.807) is 7.11 Å². The van der Waals surface area contributed by atoms with Crippen molar-refractivity contribution >= 4 is 16.8 Å². The number of para-hydroxylation sites is 2. The van der Waals surface area contributed by atoms with E-state index >= 15 is 0 Å². The summed E-state index contributed by atoms with van der Waals surface area (Å²) in [5.74, 6) is 0.602. The van der Waals surface area contributed by atoms with E-state index < -0.39 is 0 Å². The van der Waals surface area contributed by atoms with Crippen LogP contribution in [0, 0.1) is 6.92 Å². The molecule has 1 heterocycles. The number of benzene rings is 2. The number of nitrogens with two attached hydrogens (primary N) is 1. The molecule has 0 aliphatic carbocycles. The van der Waals surface area contributed by atoms with Crippen molar-refractivity contribution in [3.63, 3.8) is 0 Å². The summed E-state index contributed by atoms with van der Waals surface area (Å²) in [5.41, 5.74) is 10.1. The summed E-state index contributed by atoms with van der Waals surface area (Å²) >= 11 is 0. The molecule has 5 heteroatoms. The Balaban J connectivity index is 1.85. The normalized spacial score (nSPS) is 12.5. The van der Waals surface area contributed by atoms with Gasteiger partial charge in [0.15, 0.2) is 0 Å². The zero-order valence-electron chi connectivity index (χ0n) is 17.1. The number of likely N-dealkylation sites (N-methyl/N-ethyl adjacent to an activating group) is 1. The molecule has 0 saturated carbocycles. The third-order valence-electron chi connectivity index (χ3n) is 5.54. The second-order valence-corrected chi connectivity index (χ2v) is 7.41. The largest absolute Gasteiger partial charge is 0.496 e. The number of nitrogens with zero attached hydrogens (tertiary/aromatic N) is 2. The zero-order valence-corrected chi connectivity index (χ0v) is 17.1. The van der Waals surface area contributed by atoms with Crippen molar-refractivity contribution in [3.05, 3.63) is 65.4 Å². The first kappa shape index (κ1) is 20.0. The third-order valence-corrected chi connectivity index (χ3v) is 5.54. The topological polar surface area (TPSA) is 60.5 Å². The van der Waals surface area contributed by atoms with Gasteiger partial charge >= 0.3 is 0 Å². The van der Waals surface area contributed by atoms with Crippen molar-refractivity contribution in [3.8, 4) is 5.75 Å². The van der Waals surface area contributed by atoms with E-state index in [1.165, 1.54) is 16.5 Å². The lowest BCUT2D eigenvalue weighted by Gasteiger charge is -2.25. The van der Waals surface area contributed by atoms with Crippen LogP contribution in [0.4, 0.5) is 0 Å². The van der Waals surface area contributed by atoms with E-state index in [1.807, 2.05) is 41.0 Å². The molecule has 1 amide bonds. The van der Waals surface area contributed by atoms with E-state index in [0.717, 1.165) is 29.9 Å². The molecule has 1 unspecified atom stereocenters. The fraction of sp³-hybridized carbons (Fsp3) is 0.348. The molecule has 1 atom stereocenters. The van der Waals surface area contributed by atoms with Crippen LogP contribution < -0.4 is 10.5 Å². The zero-order chi connectivity index (χ0) is 20.3. The van der Waals surface area contributed by atoms with Gasteiger partial charge in [-0.25, -0.2) is 0 Å². The van der Waals surface area contributed by atoms with Gasteiger partial charge in [-0.05, 0) is 50.6 Å². The molecule has 2 N–H and O–H groups in total. The van der Waals surface area contributed by atoms with Gasteiger partial charge in [0.1, 0.15) is 12.3 Å². The van der Waals surface area contributed by atoms with Gasteiger partial charge in [-0.15, -0.1) is 0 Å². The highest BCUT2D eigenvalue weighted by Crippen LogP contribution is 2.28. The number of rotatable bonds is 8. The third kappa shape index (κ3) is 4.04. The number of carbonyl (C=O) groups is 1. The highest BCUT2D eigenvalue weighted by molar-refractivity contribution is 5.87. The first-order chi connectivity index (χ1) is 13.4. The number of hydrogen-bond acceptors (Lipinski definition) is 3. The molecular formula is C23H29N3O2. The number of carbonyl (C=O) groups excluding carboxylic acids is 1. The van der Waals surface area contributed by atoms with Gasteiger partial charge < -0.3 is 15.0 Å². The van der Waals surface area contributed by atoms with Gasteiger partial charge in [-0.1, -0.05) is 36.4 Å². The van der Waals surface area contributed by atoms with Crippen LogP contribution in [0.1, 0.15) is 23.7 Å². The average Bonchev–Trinajstić information content (AvgIpc) is 2.94. The molecular weight excluding hydrogens is 350 g/mol. The summed E-state index contributed by atoms with van der Waals surface area (Å²) in [7, 11) is 3.85. The molecule has 148 valence electrons. The van der Waals surface area contributed by atoms with Crippen molar-refractivity contribution in [1.29, 1.82) is 0 Å². The lowest BCUT2D eigenvalue weighted by molar-refractivity contribution is -0.118. The maximum atomic E-state index is 11.5. The summed E-state index contributed by atoms with van der Waals surface area (Å²) < 4.78 is 7.52. The second-order valence-electron chi connectivity index (χ2n) is 7.41. The molecule has 3 aromatic rings. The van der Waals surface area contributed by atoms with Crippen molar-refractivity contribution in [2.75, 3.05) is 14.2 Å². The molecule has 2 aromatic carbocycles. The lowest BCUT2D eigenvalue weighted by Crippen LogP contribution is -2.30. The fourth-order valence-corrected chi connectivity index (χ4v) is 3.81. The highest BCUT2D eigenvalue weighted by atomic mass is 16.5. The van der Waals surface area contributed by atoms with Crippen LogP contribution in [0.2, 0.25) is 0 Å². The Hall–Kier alpha value is -2.79. The van der Waals surface area contributed by atoms with Crippen molar-refractivity contribution in [2.24, 2.45) is 5.73 Å². The fourth-order valence-electron chi connectivity index (χ4n) is 3.81. The number of hydrogen-bond donors (Lipinski definition) is 1. The Morgan fingerprint density at radius 2 is 1.86 bits per heavy atom. The van der Waals surface area contributed by atoms with Crippen molar-refractivity contribution in [2.45, 2.75) is 39.4 Å². The minimum Gasteiger partial charge on any atom is -0.496 e. The number of ether oxygens (including phenoxy) is 1. The first-order valence-corrected chi connectivity index (χ1v) is 9.59. The van der Waals surface area contributed by atoms with Gasteiger partial charge in [-0.2, -0.15) is 0 Å². The highest BCUT2D eigenvalue weighted by Gasteiger charge is 2.19. The van der Waals surface area contributed by atoms with E-state index in [4.69, 9.17) is 10.5 Å². The maximum absolute atomic E-state index is 11.5. The summed E-state index contributed by atoms with van der Waals surface area (Å²) in [6, 6.07) is 16.7. The van der Waals surface area contributed by atoms with Crippen molar-refractivity contribution in [1.82, 2.24) is 9.47 Å². The lowest BCUT2D eigenvalue weighted by atomic mass is 10.0.